The van der Waals surface area contributed by atoms with Gasteiger partial charge in [0.2, 0.25) is 5.78 Å². The standard InChI is InChI=1S/C14H16N2O2/c1-3-16-9-8-15-14(16)13(17)10-11-4-6-12(18-2)7-5-11/h4-9H,3,10H2,1-2H3. The van der Waals surface area contributed by atoms with E-state index in [0.717, 1.165) is 17.9 Å². The first-order valence-corrected chi connectivity index (χ1v) is 5.92. The number of rotatable bonds is 5. The number of carbonyl (C=O) groups excluding carboxylic acids is 1. The van der Waals surface area contributed by atoms with Gasteiger partial charge in [-0.25, -0.2) is 4.98 Å². The summed E-state index contributed by atoms with van der Waals surface area (Å²) in [6.45, 7) is 2.75. The number of hydrogen-bond acceptors (Lipinski definition) is 3. The predicted octanol–water partition coefficient (Wildman–Crippen LogP) is 2.34. The zero-order valence-electron chi connectivity index (χ0n) is 10.6. The molecule has 0 N–H and O–H groups in total. The molecule has 1 aromatic heterocycles. The van der Waals surface area contributed by atoms with E-state index in [1.807, 2.05) is 42.0 Å². The topological polar surface area (TPSA) is 44.1 Å². The van der Waals surface area contributed by atoms with Crippen LogP contribution in [0.15, 0.2) is 36.7 Å². The number of aromatic nitrogens is 2. The maximum atomic E-state index is 12.1. The highest BCUT2D eigenvalue weighted by Crippen LogP contribution is 2.13. The lowest BCUT2D eigenvalue weighted by molar-refractivity contribution is 0.0979. The van der Waals surface area contributed by atoms with Gasteiger partial charge in [0.05, 0.1) is 7.11 Å². The normalized spacial score (nSPS) is 10.3. The number of imidazole rings is 1. The molecule has 2 aromatic rings. The Kier molecular flexibility index (Phi) is 3.77. The molecule has 0 saturated heterocycles. The molecule has 0 radical (unpaired) electrons. The van der Waals surface area contributed by atoms with Crippen molar-refractivity contribution >= 4 is 5.78 Å². The third-order valence-corrected chi connectivity index (χ3v) is 2.83. The zero-order chi connectivity index (χ0) is 13.0. The second kappa shape index (κ2) is 5.49. The van der Waals surface area contributed by atoms with Crippen LogP contribution in [0, 0.1) is 0 Å². The first-order valence-electron chi connectivity index (χ1n) is 5.92. The Hall–Kier alpha value is -2.10. The molecule has 1 aromatic carbocycles. The van der Waals surface area contributed by atoms with Gasteiger partial charge in [0, 0.05) is 25.4 Å². The van der Waals surface area contributed by atoms with Crippen molar-refractivity contribution in [2.75, 3.05) is 7.11 Å². The minimum atomic E-state index is 0.0343. The molecular weight excluding hydrogens is 228 g/mol. The molecule has 0 aliphatic rings. The Labute approximate surface area is 106 Å². The predicted molar refractivity (Wildman–Crippen MR) is 68.9 cm³/mol. The van der Waals surface area contributed by atoms with Crippen LogP contribution >= 0.6 is 0 Å². The molecule has 4 nitrogen and oxygen atoms in total. The molecule has 0 aliphatic heterocycles. The quantitative estimate of drug-likeness (QED) is 0.758. The van der Waals surface area contributed by atoms with Crippen molar-refractivity contribution in [1.29, 1.82) is 0 Å². The highest BCUT2D eigenvalue weighted by Gasteiger charge is 2.12. The molecular formula is C14H16N2O2. The summed E-state index contributed by atoms with van der Waals surface area (Å²) in [7, 11) is 1.62. The molecule has 2 rings (SSSR count). The number of Topliss-reactive ketones (excluding diaryl/α,β-unsaturated/α-hetero) is 1. The molecule has 94 valence electrons. The minimum Gasteiger partial charge on any atom is -0.497 e. The van der Waals surface area contributed by atoms with Crippen LogP contribution in [-0.2, 0) is 13.0 Å². The first-order chi connectivity index (χ1) is 8.74. The van der Waals surface area contributed by atoms with E-state index in [-0.39, 0.29) is 5.78 Å². The molecule has 4 heteroatoms. The second-order valence-corrected chi connectivity index (χ2v) is 3.98. The Balaban J connectivity index is 2.11. The van der Waals surface area contributed by atoms with E-state index < -0.39 is 0 Å². The average molecular weight is 244 g/mol. The highest BCUT2D eigenvalue weighted by atomic mass is 16.5. The van der Waals surface area contributed by atoms with Gasteiger partial charge in [0.15, 0.2) is 5.82 Å². The number of ether oxygens (including phenoxy) is 1. The van der Waals surface area contributed by atoms with Crippen molar-refractivity contribution in [3.8, 4) is 5.75 Å². The summed E-state index contributed by atoms with van der Waals surface area (Å²) < 4.78 is 6.93. The summed E-state index contributed by atoms with van der Waals surface area (Å²) in [6.07, 6.45) is 3.84. The van der Waals surface area contributed by atoms with Crippen LogP contribution in [0.25, 0.3) is 0 Å². The fourth-order valence-electron chi connectivity index (χ4n) is 1.82. The van der Waals surface area contributed by atoms with Crippen molar-refractivity contribution < 1.29 is 9.53 Å². The lowest BCUT2D eigenvalue weighted by Crippen LogP contribution is -2.11. The fraction of sp³-hybridized carbons (Fsp3) is 0.286. The molecule has 0 saturated carbocycles. The van der Waals surface area contributed by atoms with E-state index >= 15 is 0 Å². The first kappa shape index (κ1) is 12.4. The van der Waals surface area contributed by atoms with E-state index in [1.165, 1.54) is 0 Å². The van der Waals surface area contributed by atoms with Gasteiger partial charge < -0.3 is 9.30 Å². The van der Waals surface area contributed by atoms with Crippen molar-refractivity contribution in [2.45, 2.75) is 19.9 Å². The summed E-state index contributed by atoms with van der Waals surface area (Å²) in [5.41, 5.74) is 0.964. The largest absolute Gasteiger partial charge is 0.497 e. The Bertz CT molecular complexity index is 529. The molecule has 18 heavy (non-hydrogen) atoms. The summed E-state index contributed by atoms with van der Waals surface area (Å²) in [5, 5.41) is 0. The number of hydrogen-bond donors (Lipinski definition) is 0. The maximum Gasteiger partial charge on any atom is 0.202 e. The lowest BCUT2D eigenvalue weighted by Gasteiger charge is -2.05. The van der Waals surface area contributed by atoms with Crippen molar-refractivity contribution in [1.82, 2.24) is 9.55 Å². The molecule has 0 fully saturated rings. The molecule has 0 spiro atoms. The molecule has 0 amide bonds. The monoisotopic (exact) mass is 244 g/mol. The van der Waals surface area contributed by atoms with Gasteiger partial charge in [0.25, 0.3) is 0 Å². The molecule has 1 heterocycles. The van der Waals surface area contributed by atoms with E-state index in [1.54, 1.807) is 13.3 Å². The average Bonchev–Trinajstić information content (AvgIpc) is 2.88. The Morgan fingerprint density at radius 1 is 1.33 bits per heavy atom. The van der Waals surface area contributed by atoms with Crippen LogP contribution in [0.3, 0.4) is 0 Å². The van der Waals surface area contributed by atoms with Gasteiger partial charge in [0.1, 0.15) is 5.75 Å². The maximum absolute atomic E-state index is 12.1. The summed E-state index contributed by atoms with van der Waals surface area (Å²) in [4.78, 5) is 16.2. The van der Waals surface area contributed by atoms with Gasteiger partial charge in [-0.3, -0.25) is 4.79 Å². The van der Waals surface area contributed by atoms with Crippen LogP contribution in [0.1, 0.15) is 23.1 Å². The van der Waals surface area contributed by atoms with Crippen LogP contribution in [0.5, 0.6) is 5.75 Å². The number of benzene rings is 1. The number of aryl methyl sites for hydroxylation is 1. The van der Waals surface area contributed by atoms with Gasteiger partial charge in [-0.1, -0.05) is 12.1 Å². The molecule has 0 unspecified atom stereocenters. The SMILES string of the molecule is CCn1ccnc1C(=O)Cc1ccc(OC)cc1. The summed E-state index contributed by atoms with van der Waals surface area (Å²) in [6, 6.07) is 7.51. The summed E-state index contributed by atoms with van der Waals surface area (Å²) >= 11 is 0. The molecule has 0 bridgehead atoms. The van der Waals surface area contributed by atoms with Crippen LogP contribution in [0.4, 0.5) is 0 Å². The zero-order valence-corrected chi connectivity index (χ0v) is 10.6. The summed E-state index contributed by atoms with van der Waals surface area (Å²) in [5.74, 6) is 1.35. The van der Waals surface area contributed by atoms with Crippen LogP contribution in [0.2, 0.25) is 0 Å². The lowest BCUT2D eigenvalue weighted by atomic mass is 10.1. The smallest absolute Gasteiger partial charge is 0.202 e. The minimum absolute atomic E-state index is 0.0343. The molecule has 0 aliphatic carbocycles. The number of carbonyl (C=O) groups is 1. The van der Waals surface area contributed by atoms with Gasteiger partial charge in [-0.05, 0) is 24.6 Å². The molecule has 0 atom stereocenters. The van der Waals surface area contributed by atoms with E-state index in [0.29, 0.717) is 12.2 Å². The van der Waals surface area contributed by atoms with Crippen molar-refractivity contribution in [3.63, 3.8) is 0 Å². The van der Waals surface area contributed by atoms with Crippen LogP contribution in [-0.4, -0.2) is 22.4 Å². The third-order valence-electron chi connectivity index (χ3n) is 2.83. The highest BCUT2D eigenvalue weighted by molar-refractivity contribution is 5.94. The van der Waals surface area contributed by atoms with E-state index in [4.69, 9.17) is 4.74 Å². The Morgan fingerprint density at radius 2 is 2.06 bits per heavy atom. The van der Waals surface area contributed by atoms with E-state index in [9.17, 15) is 4.79 Å². The van der Waals surface area contributed by atoms with Crippen LogP contribution < -0.4 is 4.74 Å². The second-order valence-electron chi connectivity index (χ2n) is 3.98. The van der Waals surface area contributed by atoms with Gasteiger partial charge >= 0.3 is 0 Å². The number of ketones is 1. The van der Waals surface area contributed by atoms with E-state index in [2.05, 4.69) is 4.98 Å². The van der Waals surface area contributed by atoms with Gasteiger partial charge in [-0.2, -0.15) is 0 Å². The van der Waals surface area contributed by atoms with Crippen molar-refractivity contribution in [3.05, 3.63) is 48.0 Å². The third kappa shape index (κ3) is 2.59. The number of nitrogens with zero attached hydrogens (tertiary/aromatic N) is 2. The van der Waals surface area contributed by atoms with Crippen molar-refractivity contribution in [2.24, 2.45) is 0 Å². The number of methoxy groups -OCH3 is 1. The fourth-order valence-corrected chi connectivity index (χ4v) is 1.82. The van der Waals surface area contributed by atoms with Gasteiger partial charge in [-0.15, -0.1) is 0 Å². The Morgan fingerprint density at radius 3 is 2.67 bits per heavy atom.